The summed E-state index contributed by atoms with van der Waals surface area (Å²) in [6.07, 6.45) is 1.96. The van der Waals surface area contributed by atoms with Crippen molar-refractivity contribution >= 4 is 17.5 Å². The number of hydrogen-bond acceptors (Lipinski definition) is 4. The van der Waals surface area contributed by atoms with Gasteiger partial charge in [-0.3, -0.25) is 14.4 Å². The molecule has 1 aliphatic carbocycles. The van der Waals surface area contributed by atoms with Crippen LogP contribution in [0.15, 0.2) is 12.1 Å². The molecular formula is C25H31NO4. The molecule has 3 rings (SSSR count). The van der Waals surface area contributed by atoms with Crippen LogP contribution in [-0.4, -0.2) is 46.2 Å². The first kappa shape index (κ1) is 22.2. The van der Waals surface area contributed by atoms with Crippen LogP contribution in [0.4, 0.5) is 0 Å². The van der Waals surface area contributed by atoms with Crippen molar-refractivity contribution in [2.45, 2.75) is 71.8 Å². The molecule has 0 bridgehead atoms. The minimum absolute atomic E-state index is 0.0194. The Balaban J connectivity index is 1.79. The van der Waals surface area contributed by atoms with Crippen molar-refractivity contribution in [2.75, 3.05) is 13.1 Å². The quantitative estimate of drug-likeness (QED) is 0.602. The number of carbonyl (C=O) groups excluding carboxylic acids is 3. The zero-order valence-electron chi connectivity index (χ0n) is 18.6. The van der Waals surface area contributed by atoms with Gasteiger partial charge in [-0.1, -0.05) is 5.92 Å². The Hall–Kier alpha value is -2.45. The van der Waals surface area contributed by atoms with Crippen LogP contribution in [0.1, 0.15) is 74.6 Å². The van der Waals surface area contributed by atoms with Gasteiger partial charge in [0.1, 0.15) is 23.1 Å². The molecule has 2 fully saturated rings. The van der Waals surface area contributed by atoms with Gasteiger partial charge < -0.3 is 10.0 Å². The molecule has 1 aromatic rings. The topological polar surface area (TPSA) is 74.7 Å². The number of Topliss-reactive ketones (excluding diaryl/α,β-unsaturated/α-hetero) is 2. The lowest BCUT2D eigenvalue weighted by atomic mass is 9.62. The van der Waals surface area contributed by atoms with Gasteiger partial charge in [-0.05, 0) is 81.7 Å². The molecule has 0 unspecified atom stereocenters. The summed E-state index contributed by atoms with van der Waals surface area (Å²) in [5.41, 5.74) is 1.82. The Morgan fingerprint density at radius 3 is 2.03 bits per heavy atom. The van der Waals surface area contributed by atoms with E-state index in [1.165, 1.54) is 13.8 Å². The second kappa shape index (κ2) is 8.00. The van der Waals surface area contributed by atoms with Crippen molar-refractivity contribution in [3.05, 3.63) is 34.4 Å². The molecule has 1 heterocycles. The maximum atomic E-state index is 13.2. The van der Waals surface area contributed by atoms with Gasteiger partial charge in [-0.15, -0.1) is 5.92 Å². The molecule has 1 spiro atoms. The molecule has 0 atom stereocenters. The summed E-state index contributed by atoms with van der Waals surface area (Å²) in [4.78, 5) is 40.4. The van der Waals surface area contributed by atoms with Gasteiger partial charge in [0.05, 0.1) is 0 Å². The fourth-order valence-corrected chi connectivity index (χ4v) is 5.08. The number of benzene rings is 1. The first-order valence-electron chi connectivity index (χ1n) is 10.6. The van der Waals surface area contributed by atoms with Crippen LogP contribution < -0.4 is 0 Å². The van der Waals surface area contributed by atoms with Crippen LogP contribution in [0.3, 0.4) is 0 Å². The third kappa shape index (κ3) is 4.20. The van der Waals surface area contributed by atoms with E-state index in [1.807, 2.05) is 26.0 Å². The van der Waals surface area contributed by atoms with Crippen molar-refractivity contribution in [3.8, 4) is 11.8 Å². The van der Waals surface area contributed by atoms with E-state index in [0.29, 0.717) is 38.8 Å². The van der Waals surface area contributed by atoms with Crippen molar-refractivity contribution < 1.29 is 19.5 Å². The summed E-state index contributed by atoms with van der Waals surface area (Å²) in [7, 11) is 0. The maximum absolute atomic E-state index is 13.2. The van der Waals surface area contributed by atoms with E-state index < -0.39 is 11.5 Å². The van der Waals surface area contributed by atoms with Crippen molar-refractivity contribution in [1.82, 2.24) is 4.90 Å². The fourth-order valence-electron chi connectivity index (χ4n) is 5.08. The van der Waals surface area contributed by atoms with Gasteiger partial charge in [-0.2, -0.15) is 0 Å². The second-order valence-corrected chi connectivity index (χ2v) is 9.47. The zero-order chi connectivity index (χ0) is 22.3. The molecule has 0 radical (unpaired) electrons. The number of aryl methyl sites for hydroxylation is 2. The normalized spacial score (nSPS) is 19.6. The van der Waals surface area contributed by atoms with E-state index in [1.54, 1.807) is 11.8 Å². The van der Waals surface area contributed by atoms with Gasteiger partial charge in [0.25, 0.3) is 5.91 Å². The standard InChI is InChI=1S/C25H31NO4/c1-6-7-18-12-16(2)21(17(3)13-18)22-19(27)14-25(15-20(22)28)8-10-26(11-9-25)23(29)24(4,5)30/h12-13,22,30H,8-11,14-15H2,1-5H3. The smallest absolute Gasteiger partial charge is 0.253 e. The summed E-state index contributed by atoms with van der Waals surface area (Å²) in [6.45, 7) is 9.57. The third-order valence-corrected chi connectivity index (χ3v) is 6.53. The fraction of sp³-hybridized carbons (Fsp3) is 0.560. The third-order valence-electron chi connectivity index (χ3n) is 6.53. The summed E-state index contributed by atoms with van der Waals surface area (Å²) < 4.78 is 0. The Morgan fingerprint density at radius 2 is 1.60 bits per heavy atom. The van der Waals surface area contributed by atoms with Gasteiger partial charge >= 0.3 is 0 Å². The molecular weight excluding hydrogens is 378 g/mol. The number of hydrogen-bond donors (Lipinski definition) is 1. The molecule has 1 amide bonds. The number of likely N-dealkylation sites (tertiary alicyclic amines) is 1. The van der Waals surface area contributed by atoms with Crippen LogP contribution in [0.5, 0.6) is 0 Å². The van der Waals surface area contributed by atoms with E-state index in [4.69, 9.17) is 0 Å². The Labute approximate surface area is 178 Å². The lowest BCUT2D eigenvalue weighted by Crippen LogP contribution is -2.52. The Morgan fingerprint density at radius 1 is 1.10 bits per heavy atom. The zero-order valence-corrected chi connectivity index (χ0v) is 18.6. The highest BCUT2D eigenvalue weighted by Crippen LogP contribution is 2.46. The summed E-state index contributed by atoms with van der Waals surface area (Å²) in [5, 5.41) is 9.98. The van der Waals surface area contributed by atoms with Gasteiger partial charge in [0.2, 0.25) is 0 Å². The van der Waals surface area contributed by atoms with E-state index in [0.717, 1.165) is 22.3 Å². The first-order chi connectivity index (χ1) is 14.0. The van der Waals surface area contributed by atoms with Crippen LogP contribution in [0.2, 0.25) is 0 Å². The number of amides is 1. The minimum Gasteiger partial charge on any atom is -0.381 e. The van der Waals surface area contributed by atoms with Gasteiger partial charge in [0.15, 0.2) is 0 Å². The van der Waals surface area contributed by atoms with Crippen molar-refractivity contribution in [2.24, 2.45) is 5.41 Å². The molecule has 1 saturated carbocycles. The van der Waals surface area contributed by atoms with Crippen LogP contribution >= 0.6 is 0 Å². The number of carbonyl (C=O) groups is 3. The van der Waals surface area contributed by atoms with Crippen LogP contribution in [-0.2, 0) is 14.4 Å². The molecule has 1 saturated heterocycles. The van der Waals surface area contributed by atoms with E-state index in [2.05, 4.69) is 11.8 Å². The summed E-state index contributed by atoms with van der Waals surface area (Å²) in [5.74, 6) is 4.89. The SMILES string of the molecule is CC#Cc1cc(C)c(C2C(=O)CC3(CCN(C(=O)C(C)(C)O)CC3)CC2=O)c(C)c1. The molecule has 1 aromatic carbocycles. The molecule has 160 valence electrons. The lowest BCUT2D eigenvalue weighted by molar-refractivity contribution is -0.151. The number of piperidine rings is 1. The average molecular weight is 410 g/mol. The highest BCUT2D eigenvalue weighted by atomic mass is 16.3. The van der Waals surface area contributed by atoms with Crippen molar-refractivity contribution in [3.63, 3.8) is 0 Å². The van der Waals surface area contributed by atoms with E-state index in [-0.39, 0.29) is 22.9 Å². The highest BCUT2D eigenvalue weighted by Gasteiger charge is 2.48. The molecule has 5 nitrogen and oxygen atoms in total. The first-order valence-corrected chi connectivity index (χ1v) is 10.6. The predicted molar refractivity (Wildman–Crippen MR) is 115 cm³/mol. The predicted octanol–water partition coefficient (Wildman–Crippen LogP) is 3.07. The van der Waals surface area contributed by atoms with Crippen LogP contribution in [0, 0.1) is 31.1 Å². The summed E-state index contributed by atoms with van der Waals surface area (Å²) in [6, 6.07) is 3.90. The molecule has 2 aliphatic rings. The van der Waals surface area contributed by atoms with Crippen LogP contribution in [0.25, 0.3) is 0 Å². The van der Waals surface area contributed by atoms with E-state index in [9.17, 15) is 19.5 Å². The minimum atomic E-state index is -1.41. The summed E-state index contributed by atoms with van der Waals surface area (Å²) >= 11 is 0. The molecule has 0 aromatic heterocycles. The lowest BCUT2D eigenvalue weighted by Gasteiger charge is -2.45. The Kier molecular flexibility index (Phi) is 5.93. The van der Waals surface area contributed by atoms with Crippen molar-refractivity contribution in [1.29, 1.82) is 0 Å². The monoisotopic (exact) mass is 409 g/mol. The largest absolute Gasteiger partial charge is 0.381 e. The Bertz CT molecular complexity index is 907. The molecule has 1 N–H and O–H groups in total. The molecule has 5 heteroatoms. The highest BCUT2D eigenvalue weighted by molar-refractivity contribution is 6.10. The number of rotatable bonds is 2. The average Bonchev–Trinajstić information content (AvgIpc) is 2.63. The maximum Gasteiger partial charge on any atom is 0.253 e. The number of nitrogens with zero attached hydrogens (tertiary/aromatic N) is 1. The number of aliphatic hydroxyl groups is 1. The van der Waals surface area contributed by atoms with Gasteiger partial charge in [-0.25, -0.2) is 0 Å². The van der Waals surface area contributed by atoms with E-state index >= 15 is 0 Å². The van der Waals surface area contributed by atoms with Gasteiger partial charge in [0, 0.05) is 31.5 Å². The molecule has 1 aliphatic heterocycles. The molecule has 30 heavy (non-hydrogen) atoms. The number of ketones is 2. The second-order valence-electron chi connectivity index (χ2n) is 9.47.